The minimum absolute atomic E-state index is 0.135. The van der Waals surface area contributed by atoms with Gasteiger partial charge in [0.25, 0.3) is 0 Å². The Labute approximate surface area is 129 Å². The molecule has 1 fully saturated rings. The first kappa shape index (κ1) is 16.3. The van der Waals surface area contributed by atoms with Crippen LogP contribution in [0.1, 0.15) is 38.2 Å². The van der Waals surface area contributed by atoms with E-state index < -0.39 is 0 Å². The van der Waals surface area contributed by atoms with Crippen molar-refractivity contribution in [2.24, 2.45) is 11.7 Å². The first-order chi connectivity index (χ1) is 9.98. The summed E-state index contributed by atoms with van der Waals surface area (Å²) in [6.45, 7) is 2.35. The minimum Gasteiger partial charge on any atom is -0.497 e. The molecule has 1 aliphatic carbocycles. The van der Waals surface area contributed by atoms with Gasteiger partial charge in [-0.25, -0.2) is 0 Å². The molecule has 21 heavy (non-hydrogen) atoms. The fourth-order valence-corrected chi connectivity index (χ4v) is 3.66. The summed E-state index contributed by atoms with van der Waals surface area (Å²) < 4.78 is 5.32. The lowest BCUT2D eigenvalue weighted by Gasteiger charge is -2.48. The number of benzene rings is 1. The summed E-state index contributed by atoms with van der Waals surface area (Å²) >= 11 is 0. The number of nitrogens with zero attached hydrogens (tertiary/aromatic N) is 1. The van der Waals surface area contributed by atoms with E-state index in [0.717, 1.165) is 18.1 Å². The molecule has 0 aromatic heterocycles. The van der Waals surface area contributed by atoms with Crippen LogP contribution in [0.5, 0.6) is 5.75 Å². The zero-order valence-electron chi connectivity index (χ0n) is 13.9. The molecule has 1 aromatic carbocycles. The SMILES string of the molecule is COc1cccc(CC(N)C2(N(C)C)CCC(C)CC2)c1. The molecular weight excluding hydrogens is 260 g/mol. The number of methoxy groups -OCH3 is 1. The van der Waals surface area contributed by atoms with Gasteiger partial charge in [0, 0.05) is 11.6 Å². The molecule has 0 amide bonds. The molecule has 3 heteroatoms. The van der Waals surface area contributed by atoms with Crippen LogP contribution in [0.15, 0.2) is 24.3 Å². The van der Waals surface area contributed by atoms with Crippen LogP contribution in [0.3, 0.4) is 0 Å². The van der Waals surface area contributed by atoms with Crippen molar-refractivity contribution in [3.05, 3.63) is 29.8 Å². The lowest BCUT2D eigenvalue weighted by atomic mass is 9.71. The fraction of sp³-hybridized carbons (Fsp3) is 0.667. The number of hydrogen-bond donors (Lipinski definition) is 1. The van der Waals surface area contributed by atoms with Crippen molar-refractivity contribution < 1.29 is 4.74 Å². The number of ether oxygens (including phenoxy) is 1. The van der Waals surface area contributed by atoms with Crippen molar-refractivity contribution >= 4 is 0 Å². The topological polar surface area (TPSA) is 38.5 Å². The Bertz CT molecular complexity index is 450. The van der Waals surface area contributed by atoms with Gasteiger partial charge >= 0.3 is 0 Å². The highest BCUT2D eigenvalue weighted by atomic mass is 16.5. The lowest BCUT2D eigenvalue weighted by molar-refractivity contribution is 0.0568. The minimum atomic E-state index is 0.135. The van der Waals surface area contributed by atoms with Gasteiger partial charge in [0.1, 0.15) is 5.75 Å². The van der Waals surface area contributed by atoms with Gasteiger partial charge in [-0.1, -0.05) is 19.1 Å². The van der Waals surface area contributed by atoms with Gasteiger partial charge in [0.15, 0.2) is 0 Å². The van der Waals surface area contributed by atoms with E-state index in [1.54, 1.807) is 7.11 Å². The number of hydrogen-bond acceptors (Lipinski definition) is 3. The molecule has 1 saturated carbocycles. The third-order valence-electron chi connectivity index (χ3n) is 5.31. The van der Waals surface area contributed by atoms with Crippen LogP contribution in [0.4, 0.5) is 0 Å². The van der Waals surface area contributed by atoms with Gasteiger partial charge in [-0.2, -0.15) is 0 Å². The number of nitrogens with two attached hydrogens (primary N) is 1. The van der Waals surface area contributed by atoms with E-state index in [1.165, 1.54) is 31.2 Å². The average Bonchev–Trinajstić information content (AvgIpc) is 2.48. The zero-order valence-corrected chi connectivity index (χ0v) is 13.9. The van der Waals surface area contributed by atoms with Crippen LogP contribution in [0, 0.1) is 5.92 Å². The second kappa shape index (κ2) is 6.80. The molecule has 3 nitrogen and oxygen atoms in total. The van der Waals surface area contributed by atoms with E-state index >= 15 is 0 Å². The molecule has 1 aliphatic rings. The molecule has 0 saturated heterocycles. The van der Waals surface area contributed by atoms with Crippen molar-refractivity contribution in [3.63, 3.8) is 0 Å². The van der Waals surface area contributed by atoms with Crippen molar-refractivity contribution in [2.75, 3.05) is 21.2 Å². The molecule has 118 valence electrons. The standard InChI is InChI=1S/C18H30N2O/c1-14-8-10-18(11-9-14,20(2)3)17(19)13-15-6-5-7-16(12-15)21-4/h5-7,12,14,17H,8-11,13,19H2,1-4H3. The monoisotopic (exact) mass is 290 g/mol. The normalized spacial score (nSPS) is 27.6. The molecule has 0 radical (unpaired) electrons. The summed E-state index contributed by atoms with van der Waals surface area (Å²) in [5, 5.41) is 0. The second-order valence-corrected chi connectivity index (χ2v) is 6.84. The van der Waals surface area contributed by atoms with Crippen LogP contribution in [-0.4, -0.2) is 37.7 Å². The van der Waals surface area contributed by atoms with Gasteiger partial charge in [-0.3, -0.25) is 0 Å². The molecule has 1 atom stereocenters. The Hall–Kier alpha value is -1.06. The van der Waals surface area contributed by atoms with Crippen LogP contribution < -0.4 is 10.5 Å². The molecule has 0 aliphatic heterocycles. The Kier molecular flexibility index (Phi) is 5.28. The molecule has 2 rings (SSSR count). The van der Waals surface area contributed by atoms with Gasteiger partial charge in [0.2, 0.25) is 0 Å². The lowest BCUT2D eigenvalue weighted by Crippen LogP contribution is -2.59. The van der Waals surface area contributed by atoms with Crippen molar-refractivity contribution in [1.82, 2.24) is 4.90 Å². The van der Waals surface area contributed by atoms with Crippen molar-refractivity contribution in [1.29, 1.82) is 0 Å². The Morgan fingerprint density at radius 3 is 2.57 bits per heavy atom. The number of rotatable bonds is 5. The predicted molar refractivity (Wildman–Crippen MR) is 88.7 cm³/mol. The Balaban J connectivity index is 2.13. The summed E-state index contributed by atoms with van der Waals surface area (Å²) in [7, 11) is 6.08. The van der Waals surface area contributed by atoms with Crippen LogP contribution in [0.2, 0.25) is 0 Å². The molecule has 0 spiro atoms. The third kappa shape index (κ3) is 3.58. The summed E-state index contributed by atoms with van der Waals surface area (Å²) in [6, 6.07) is 8.45. The summed E-state index contributed by atoms with van der Waals surface area (Å²) in [5.41, 5.74) is 8.07. The van der Waals surface area contributed by atoms with Gasteiger partial charge in [-0.15, -0.1) is 0 Å². The predicted octanol–water partition coefficient (Wildman–Crippen LogP) is 3.08. The van der Waals surface area contributed by atoms with Gasteiger partial charge < -0.3 is 15.4 Å². The fourth-order valence-electron chi connectivity index (χ4n) is 3.66. The van der Waals surface area contributed by atoms with E-state index in [2.05, 4.69) is 38.1 Å². The maximum atomic E-state index is 6.67. The van der Waals surface area contributed by atoms with Crippen molar-refractivity contribution in [2.45, 2.75) is 50.6 Å². The van der Waals surface area contributed by atoms with E-state index in [1.807, 2.05) is 12.1 Å². The van der Waals surface area contributed by atoms with E-state index in [0.29, 0.717) is 0 Å². The van der Waals surface area contributed by atoms with Crippen LogP contribution >= 0.6 is 0 Å². The first-order valence-corrected chi connectivity index (χ1v) is 8.04. The average molecular weight is 290 g/mol. The van der Waals surface area contributed by atoms with Gasteiger partial charge in [0.05, 0.1) is 7.11 Å². The van der Waals surface area contributed by atoms with Crippen molar-refractivity contribution in [3.8, 4) is 5.75 Å². The maximum absolute atomic E-state index is 6.67. The van der Waals surface area contributed by atoms with Crippen LogP contribution in [0.25, 0.3) is 0 Å². The molecule has 2 N–H and O–H groups in total. The van der Waals surface area contributed by atoms with E-state index in [9.17, 15) is 0 Å². The Morgan fingerprint density at radius 1 is 1.33 bits per heavy atom. The third-order valence-corrected chi connectivity index (χ3v) is 5.31. The highest BCUT2D eigenvalue weighted by Gasteiger charge is 2.41. The molecule has 0 heterocycles. The quantitative estimate of drug-likeness (QED) is 0.905. The summed E-state index contributed by atoms with van der Waals surface area (Å²) in [6.07, 6.45) is 5.87. The van der Waals surface area contributed by atoms with E-state index in [-0.39, 0.29) is 11.6 Å². The molecular formula is C18H30N2O. The molecule has 1 aromatic rings. The Morgan fingerprint density at radius 2 is 2.00 bits per heavy atom. The number of likely N-dealkylation sites (N-methyl/N-ethyl adjacent to an activating group) is 1. The summed E-state index contributed by atoms with van der Waals surface area (Å²) in [5.74, 6) is 1.75. The smallest absolute Gasteiger partial charge is 0.119 e. The van der Waals surface area contributed by atoms with E-state index in [4.69, 9.17) is 10.5 Å². The van der Waals surface area contributed by atoms with Gasteiger partial charge in [-0.05, 0) is 69.8 Å². The molecule has 1 unspecified atom stereocenters. The maximum Gasteiger partial charge on any atom is 0.119 e. The first-order valence-electron chi connectivity index (χ1n) is 8.04. The zero-order chi connectivity index (χ0) is 15.5. The highest BCUT2D eigenvalue weighted by Crippen LogP contribution is 2.38. The second-order valence-electron chi connectivity index (χ2n) is 6.84. The highest BCUT2D eigenvalue weighted by molar-refractivity contribution is 5.29. The summed E-state index contributed by atoms with van der Waals surface area (Å²) in [4.78, 5) is 2.36. The molecule has 0 bridgehead atoms. The largest absolute Gasteiger partial charge is 0.497 e. The van der Waals surface area contributed by atoms with Crippen LogP contribution in [-0.2, 0) is 6.42 Å².